The number of nitrogens with zero attached hydrogens (tertiary/aromatic N) is 5. The van der Waals surface area contributed by atoms with Gasteiger partial charge in [0, 0.05) is 102 Å². The van der Waals surface area contributed by atoms with E-state index >= 15 is 0 Å². The van der Waals surface area contributed by atoms with Crippen LogP contribution in [0.4, 0.5) is 5.69 Å². The second-order valence-electron chi connectivity index (χ2n) is 16.6. The Morgan fingerprint density at radius 1 is 0.781 bits per heavy atom. The molecule has 1 unspecified atom stereocenters. The SMILES string of the molecule is CC[C@H](C)[C@H](CC(=O)[C@H](CCSC)NCNc1ccc(CNC(=O)CN2CCN(CC(=O)O)CCN(CC(=O)O)CCN(CC(=O)O)CC2)cc1)C(=O)NCCN1C(=O)CC(C)C1=O. The second kappa shape index (κ2) is 28.3. The summed E-state index contributed by atoms with van der Waals surface area (Å²) >= 11 is 1.62. The lowest BCUT2D eigenvalue weighted by molar-refractivity contribution is -0.140. The van der Waals surface area contributed by atoms with Gasteiger partial charge in [-0.3, -0.25) is 68.2 Å². The summed E-state index contributed by atoms with van der Waals surface area (Å²) in [4.78, 5) is 107. The van der Waals surface area contributed by atoms with Gasteiger partial charge < -0.3 is 31.3 Å². The summed E-state index contributed by atoms with van der Waals surface area (Å²) in [6, 6.07) is 6.94. The molecule has 0 radical (unpaired) electrons. The van der Waals surface area contributed by atoms with Gasteiger partial charge in [0.2, 0.25) is 23.6 Å². The number of carboxylic acids is 3. The van der Waals surface area contributed by atoms with Crippen molar-refractivity contribution in [3.63, 3.8) is 0 Å². The van der Waals surface area contributed by atoms with Crippen molar-refractivity contribution in [2.45, 2.75) is 59.0 Å². The number of rotatable bonds is 26. The van der Waals surface area contributed by atoms with Crippen LogP contribution in [0.1, 0.15) is 52.0 Å². The number of likely N-dealkylation sites (tertiary alicyclic amines) is 1. The van der Waals surface area contributed by atoms with Crippen LogP contribution in [-0.2, 0) is 44.9 Å². The number of hydrogen-bond acceptors (Lipinski definition) is 15. The molecule has 0 bridgehead atoms. The molecule has 21 heteroatoms. The zero-order valence-corrected chi connectivity index (χ0v) is 38.5. The number of carbonyl (C=O) groups is 8. The molecule has 1 aromatic carbocycles. The lowest BCUT2D eigenvalue weighted by Crippen LogP contribution is -2.49. The number of amides is 4. The monoisotopic (exact) mass is 919 g/mol. The summed E-state index contributed by atoms with van der Waals surface area (Å²) < 4.78 is 0. The molecule has 2 heterocycles. The van der Waals surface area contributed by atoms with Crippen molar-refractivity contribution in [2.24, 2.45) is 17.8 Å². The third kappa shape index (κ3) is 19.6. The van der Waals surface area contributed by atoms with Crippen molar-refractivity contribution in [3.8, 4) is 0 Å². The molecule has 4 atom stereocenters. The van der Waals surface area contributed by atoms with Crippen LogP contribution in [-0.4, -0.2) is 203 Å². The van der Waals surface area contributed by atoms with Crippen LogP contribution in [0, 0.1) is 17.8 Å². The minimum absolute atomic E-state index is 0.0000648. The third-order valence-electron chi connectivity index (χ3n) is 11.7. The molecule has 0 saturated carbocycles. The number of Topliss-reactive ketones (excluding diaryl/α,β-unsaturated/α-hetero) is 1. The van der Waals surface area contributed by atoms with Crippen LogP contribution in [0.15, 0.2) is 24.3 Å². The Bertz CT molecular complexity index is 1690. The number of thioether (sulfide) groups is 1. The van der Waals surface area contributed by atoms with Crippen LogP contribution in [0.2, 0.25) is 0 Å². The maximum Gasteiger partial charge on any atom is 0.317 e. The molecule has 0 spiro atoms. The molecule has 7 N–H and O–H groups in total. The van der Waals surface area contributed by atoms with E-state index in [-0.39, 0.29) is 133 Å². The first-order valence-corrected chi connectivity index (χ1v) is 23.4. The lowest BCUT2D eigenvalue weighted by Gasteiger charge is -2.32. The molecular weight excluding hydrogens is 851 g/mol. The minimum Gasteiger partial charge on any atom is -0.480 e. The quantitative estimate of drug-likeness (QED) is 0.0476. The Balaban J connectivity index is 1.53. The summed E-state index contributed by atoms with van der Waals surface area (Å²) in [6.45, 7) is 8.01. The molecule has 2 aliphatic rings. The average molecular weight is 920 g/mol. The second-order valence-corrected chi connectivity index (χ2v) is 17.6. The minimum atomic E-state index is -1.03. The van der Waals surface area contributed by atoms with Crippen molar-refractivity contribution in [2.75, 3.05) is 116 Å². The first-order valence-electron chi connectivity index (χ1n) is 22.0. The normalized spacial score (nSPS) is 18.9. The van der Waals surface area contributed by atoms with Crippen molar-refractivity contribution in [1.29, 1.82) is 0 Å². The van der Waals surface area contributed by atoms with Gasteiger partial charge in [0.15, 0.2) is 5.78 Å². The number of ketones is 1. The standard InChI is InChI=1S/C43H69N9O11S/c1-5-30(2)34(42(62)44-11-12-52-38(55)22-31(3)43(52)63)23-36(53)35(10-21-64-4)47-29-46-33-8-6-32(7-9-33)24-45-37(54)25-48-13-15-49(26-39(56)57)17-19-51(28-41(60)61)20-18-50(16-14-48)27-40(58)59/h6-9,30-31,34-35,46-47H,5,10-29H2,1-4H3,(H,44,62)(H,45,54)(H,56,57)(H,58,59)(H,60,61)/t30-,31?,34-,35-/m0/s1. The molecule has 2 saturated heterocycles. The number of carbonyl (C=O) groups excluding carboxylic acids is 5. The number of benzene rings is 1. The van der Waals surface area contributed by atoms with Gasteiger partial charge in [-0.25, -0.2) is 0 Å². The van der Waals surface area contributed by atoms with E-state index in [4.69, 9.17) is 0 Å². The van der Waals surface area contributed by atoms with Crippen LogP contribution < -0.4 is 21.3 Å². The lowest BCUT2D eigenvalue weighted by atomic mass is 9.85. The summed E-state index contributed by atoms with van der Waals surface area (Å²) in [5.41, 5.74) is 1.62. The van der Waals surface area contributed by atoms with E-state index in [0.29, 0.717) is 39.0 Å². The molecule has 0 aliphatic carbocycles. The van der Waals surface area contributed by atoms with E-state index in [1.807, 2.05) is 49.3 Å². The van der Waals surface area contributed by atoms with Gasteiger partial charge in [0.05, 0.1) is 38.9 Å². The zero-order valence-electron chi connectivity index (χ0n) is 37.7. The maximum atomic E-state index is 13.7. The number of hydrogen-bond donors (Lipinski definition) is 7. The van der Waals surface area contributed by atoms with Crippen LogP contribution in [0.3, 0.4) is 0 Å². The van der Waals surface area contributed by atoms with Gasteiger partial charge in [-0.05, 0) is 42.0 Å². The van der Waals surface area contributed by atoms with E-state index in [2.05, 4.69) is 21.3 Å². The fourth-order valence-electron chi connectivity index (χ4n) is 7.57. The topological polar surface area (TPSA) is 262 Å². The number of anilines is 1. The number of carboxylic acid groups (broad SMARTS) is 3. The first-order chi connectivity index (χ1) is 30.5. The maximum absolute atomic E-state index is 13.7. The average Bonchev–Trinajstić information content (AvgIpc) is 3.49. The summed E-state index contributed by atoms with van der Waals surface area (Å²) in [5, 5.41) is 40.7. The molecule has 3 rings (SSSR count). The highest BCUT2D eigenvalue weighted by atomic mass is 32.2. The Hall–Kier alpha value is -4.67. The number of aliphatic carboxylic acids is 3. The highest BCUT2D eigenvalue weighted by Gasteiger charge is 2.36. The summed E-state index contributed by atoms with van der Waals surface area (Å²) in [5.74, 6) is -4.44. The largest absolute Gasteiger partial charge is 0.480 e. The van der Waals surface area contributed by atoms with E-state index in [1.54, 1.807) is 33.4 Å². The zero-order chi connectivity index (χ0) is 47.2. The van der Waals surface area contributed by atoms with Crippen LogP contribution >= 0.6 is 11.8 Å². The van der Waals surface area contributed by atoms with E-state index in [9.17, 15) is 53.7 Å². The molecule has 20 nitrogen and oxygen atoms in total. The van der Waals surface area contributed by atoms with E-state index in [0.717, 1.165) is 17.0 Å². The molecule has 0 aromatic heterocycles. The Morgan fingerprint density at radius 3 is 1.75 bits per heavy atom. The molecule has 64 heavy (non-hydrogen) atoms. The van der Waals surface area contributed by atoms with E-state index in [1.165, 1.54) is 4.90 Å². The number of nitrogens with one attached hydrogen (secondary N) is 4. The highest BCUT2D eigenvalue weighted by molar-refractivity contribution is 7.98. The van der Waals surface area contributed by atoms with Crippen molar-refractivity contribution < 1.29 is 53.7 Å². The van der Waals surface area contributed by atoms with Gasteiger partial charge >= 0.3 is 17.9 Å². The first kappa shape index (κ1) is 53.7. The third-order valence-corrected chi connectivity index (χ3v) is 12.3. The molecule has 358 valence electrons. The predicted molar refractivity (Wildman–Crippen MR) is 241 cm³/mol. The molecule has 2 fully saturated rings. The van der Waals surface area contributed by atoms with Crippen molar-refractivity contribution >= 4 is 64.8 Å². The van der Waals surface area contributed by atoms with Gasteiger partial charge in [0.25, 0.3) is 0 Å². The summed E-state index contributed by atoms with van der Waals surface area (Å²) in [6.07, 6.45) is 3.44. The molecule has 2 aliphatic heterocycles. The van der Waals surface area contributed by atoms with Crippen molar-refractivity contribution in [3.05, 3.63) is 29.8 Å². The van der Waals surface area contributed by atoms with Gasteiger partial charge in [0.1, 0.15) is 0 Å². The fraction of sp³-hybridized carbons (Fsp3) is 0.674. The van der Waals surface area contributed by atoms with Crippen LogP contribution in [0.5, 0.6) is 0 Å². The van der Waals surface area contributed by atoms with Gasteiger partial charge in [-0.2, -0.15) is 11.8 Å². The Morgan fingerprint density at radius 2 is 1.30 bits per heavy atom. The van der Waals surface area contributed by atoms with Crippen molar-refractivity contribution in [1.82, 2.24) is 40.4 Å². The highest BCUT2D eigenvalue weighted by Crippen LogP contribution is 2.22. The van der Waals surface area contributed by atoms with Crippen LogP contribution in [0.25, 0.3) is 0 Å². The fourth-order valence-corrected chi connectivity index (χ4v) is 8.05. The smallest absolute Gasteiger partial charge is 0.317 e. The van der Waals surface area contributed by atoms with Gasteiger partial charge in [-0.15, -0.1) is 0 Å². The Kier molecular flexibility index (Phi) is 23.7. The molecule has 4 amide bonds. The Labute approximate surface area is 380 Å². The predicted octanol–water partition coefficient (Wildman–Crippen LogP) is -0.00840. The van der Waals surface area contributed by atoms with E-state index < -0.39 is 29.9 Å². The van der Waals surface area contributed by atoms with Gasteiger partial charge in [-0.1, -0.05) is 39.3 Å². The molecular formula is C43H69N9O11S. The molecule has 1 aromatic rings. The number of imide groups is 1. The summed E-state index contributed by atoms with van der Waals surface area (Å²) in [7, 11) is 0.